The second kappa shape index (κ2) is 7.22. The zero-order valence-electron chi connectivity index (χ0n) is 11.4. The highest BCUT2D eigenvalue weighted by molar-refractivity contribution is 7.10. The van der Waals surface area contributed by atoms with Gasteiger partial charge in [0.05, 0.1) is 17.7 Å². The van der Waals surface area contributed by atoms with Gasteiger partial charge in [0.1, 0.15) is 0 Å². The van der Waals surface area contributed by atoms with Gasteiger partial charge in [0.15, 0.2) is 5.00 Å². The minimum atomic E-state index is -0.579. The molecule has 1 aromatic carbocycles. The van der Waals surface area contributed by atoms with Gasteiger partial charge in [0.25, 0.3) is 5.69 Å². The number of hydrogen-bond donors (Lipinski definition) is 1. The Labute approximate surface area is 128 Å². The minimum absolute atomic E-state index is 0.00126. The molecule has 114 valence electrons. The van der Waals surface area contributed by atoms with Crippen molar-refractivity contribution >= 4 is 34.4 Å². The molecule has 0 saturated carbocycles. The van der Waals surface area contributed by atoms with Crippen LogP contribution in [0, 0.1) is 10.1 Å². The number of carbonyl (C=O) groups is 1. The molecule has 0 atom stereocenters. The maximum atomic E-state index is 11.6. The third kappa shape index (κ3) is 3.82. The van der Waals surface area contributed by atoms with Crippen LogP contribution in [0.15, 0.2) is 29.4 Å². The monoisotopic (exact) mass is 321 g/mol. The first-order valence-corrected chi connectivity index (χ1v) is 6.92. The van der Waals surface area contributed by atoms with Gasteiger partial charge in [-0.3, -0.25) is 15.5 Å². The molecule has 0 aliphatic carbocycles. The van der Waals surface area contributed by atoms with E-state index < -0.39 is 10.9 Å². The lowest BCUT2D eigenvalue weighted by Crippen LogP contribution is -2.07. The van der Waals surface area contributed by atoms with Crippen LogP contribution in [-0.2, 0) is 4.74 Å². The quantitative estimate of drug-likeness (QED) is 0.374. The molecule has 2 aromatic rings. The fourth-order valence-corrected chi connectivity index (χ4v) is 1.95. The molecule has 10 heteroatoms. The van der Waals surface area contributed by atoms with Crippen molar-refractivity contribution in [2.24, 2.45) is 5.10 Å². The number of aromatic nitrogens is 2. The Kier molecular flexibility index (Phi) is 5.09. The lowest BCUT2D eigenvalue weighted by atomic mass is 10.2. The van der Waals surface area contributed by atoms with Crippen molar-refractivity contribution in [1.82, 2.24) is 9.59 Å². The smallest absolute Gasteiger partial charge is 0.362 e. The molecular formula is C12H11N5O4S. The van der Waals surface area contributed by atoms with Gasteiger partial charge in [-0.15, -0.1) is 5.10 Å². The molecule has 0 amide bonds. The van der Waals surface area contributed by atoms with E-state index in [1.165, 1.54) is 18.3 Å². The van der Waals surface area contributed by atoms with E-state index in [0.29, 0.717) is 10.6 Å². The van der Waals surface area contributed by atoms with Crippen LogP contribution in [0.1, 0.15) is 23.0 Å². The van der Waals surface area contributed by atoms with Crippen LogP contribution < -0.4 is 5.43 Å². The molecule has 0 saturated heterocycles. The van der Waals surface area contributed by atoms with Crippen LogP contribution in [-0.4, -0.2) is 33.3 Å². The number of nitrogens with zero attached hydrogens (tertiary/aromatic N) is 4. The Morgan fingerprint density at radius 3 is 2.86 bits per heavy atom. The number of benzene rings is 1. The van der Waals surface area contributed by atoms with Gasteiger partial charge in [-0.25, -0.2) is 4.79 Å². The lowest BCUT2D eigenvalue weighted by molar-refractivity contribution is -0.384. The predicted molar refractivity (Wildman–Crippen MR) is 80.2 cm³/mol. The summed E-state index contributed by atoms with van der Waals surface area (Å²) >= 11 is 0.969. The lowest BCUT2D eigenvalue weighted by Gasteiger charge is -2.00. The van der Waals surface area contributed by atoms with Crippen LogP contribution >= 0.6 is 11.5 Å². The van der Waals surface area contributed by atoms with Crippen LogP contribution in [0.5, 0.6) is 0 Å². The fourth-order valence-electron chi connectivity index (χ4n) is 1.44. The maximum absolute atomic E-state index is 11.6. The second-order valence-electron chi connectivity index (χ2n) is 3.89. The average Bonchev–Trinajstić information content (AvgIpc) is 2.96. The summed E-state index contributed by atoms with van der Waals surface area (Å²) < 4.78 is 8.50. The third-order valence-corrected chi connectivity index (χ3v) is 3.07. The third-order valence-electron chi connectivity index (χ3n) is 2.44. The Bertz CT molecular complexity index is 698. The van der Waals surface area contributed by atoms with Crippen molar-refractivity contribution < 1.29 is 14.5 Å². The summed E-state index contributed by atoms with van der Waals surface area (Å²) in [6, 6.07) is 5.86. The topological polar surface area (TPSA) is 120 Å². The van der Waals surface area contributed by atoms with Gasteiger partial charge in [0.2, 0.25) is 5.69 Å². The molecule has 0 aliphatic heterocycles. The number of nitro groups is 1. The number of nitro benzene ring substituents is 1. The first-order valence-electron chi connectivity index (χ1n) is 6.14. The number of carbonyl (C=O) groups excluding carboxylic acids is 1. The highest BCUT2D eigenvalue weighted by Gasteiger charge is 2.17. The number of hydrazone groups is 1. The zero-order chi connectivity index (χ0) is 15.9. The standard InChI is InChI=1S/C12H11N5O4S/c1-2-21-12(18)10-11(22-16-14-10)15-13-7-8-3-5-9(6-4-8)17(19)20/h3-7,15H,2H2,1H3/b13-7+. The predicted octanol–water partition coefficient (Wildman–Crippen LogP) is 2.07. The number of anilines is 1. The first kappa shape index (κ1) is 15.5. The number of hydrogen-bond acceptors (Lipinski definition) is 9. The molecule has 0 aliphatic rings. The molecule has 9 nitrogen and oxygen atoms in total. The van der Waals surface area contributed by atoms with Crippen molar-refractivity contribution in [1.29, 1.82) is 0 Å². The van der Waals surface area contributed by atoms with Crippen molar-refractivity contribution in [2.75, 3.05) is 12.0 Å². The molecule has 0 bridgehead atoms. The highest BCUT2D eigenvalue weighted by atomic mass is 32.1. The molecule has 1 heterocycles. The van der Waals surface area contributed by atoms with E-state index in [1.807, 2.05) is 0 Å². The number of ether oxygens (including phenoxy) is 1. The van der Waals surface area contributed by atoms with Crippen LogP contribution in [0.3, 0.4) is 0 Å². The summed E-state index contributed by atoms with van der Waals surface area (Å²) in [6.45, 7) is 1.93. The molecule has 0 spiro atoms. The van der Waals surface area contributed by atoms with E-state index in [2.05, 4.69) is 20.1 Å². The zero-order valence-corrected chi connectivity index (χ0v) is 12.2. The van der Waals surface area contributed by atoms with E-state index in [9.17, 15) is 14.9 Å². The Balaban J connectivity index is 2.02. The number of rotatable bonds is 6. The summed E-state index contributed by atoms with van der Waals surface area (Å²) in [5.41, 5.74) is 3.37. The summed E-state index contributed by atoms with van der Waals surface area (Å²) in [6.07, 6.45) is 1.46. The highest BCUT2D eigenvalue weighted by Crippen LogP contribution is 2.18. The molecule has 22 heavy (non-hydrogen) atoms. The largest absolute Gasteiger partial charge is 0.461 e. The number of non-ortho nitro benzene ring substituents is 1. The molecule has 0 unspecified atom stereocenters. The number of esters is 1. The van der Waals surface area contributed by atoms with Gasteiger partial charge < -0.3 is 4.74 Å². The number of nitrogens with one attached hydrogen (secondary N) is 1. The van der Waals surface area contributed by atoms with E-state index in [0.717, 1.165) is 11.5 Å². The molecular weight excluding hydrogens is 310 g/mol. The van der Waals surface area contributed by atoms with E-state index in [-0.39, 0.29) is 18.0 Å². The van der Waals surface area contributed by atoms with Crippen molar-refractivity contribution in [3.8, 4) is 0 Å². The summed E-state index contributed by atoms with van der Waals surface area (Å²) in [5.74, 6) is -0.579. The molecule has 0 fully saturated rings. The fraction of sp³-hybridized carbons (Fsp3) is 0.167. The average molecular weight is 321 g/mol. The Hall–Kier alpha value is -2.88. The van der Waals surface area contributed by atoms with Gasteiger partial charge >= 0.3 is 5.97 Å². The Morgan fingerprint density at radius 1 is 1.50 bits per heavy atom. The van der Waals surface area contributed by atoms with E-state index in [4.69, 9.17) is 4.74 Å². The van der Waals surface area contributed by atoms with Gasteiger partial charge in [-0.05, 0) is 24.6 Å². The Morgan fingerprint density at radius 2 is 2.23 bits per heavy atom. The maximum Gasteiger partial charge on any atom is 0.362 e. The molecule has 2 rings (SSSR count). The summed E-state index contributed by atoms with van der Waals surface area (Å²) in [5, 5.41) is 18.5. The molecule has 1 aromatic heterocycles. The van der Waals surface area contributed by atoms with Gasteiger partial charge in [0, 0.05) is 23.7 Å². The van der Waals surface area contributed by atoms with E-state index >= 15 is 0 Å². The van der Waals surface area contributed by atoms with Crippen molar-refractivity contribution in [3.63, 3.8) is 0 Å². The molecule has 0 radical (unpaired) electrons. The first-order chi connectivity index (χ1) is 10.6. The summed E-state index contributed by atoms with van der Waals surface area (Å²) in [4.78, 5) is 21.6. The van der Waals surface area contributed by atoms with Crippen LogP contribution in [0.2, 0.25) is 0 Å². The van der Waals surface area contributed by atoms with Crippen molar-refractivity contribution in [2.45, 2.75) is 6.92 Å². The SMILES string of the molecule is CCOC(=O)c1nnsc1N/N=C/c1ccc([N+](=O)[O-])cc1. The van der Waals surface area contributed by atoms with Crippen LogP contribution in [0.4, 0.5) is 10.7 Å². The van der Waals surface area contributed by atoms with Crippen LogP contribution in [0.25, 0.3) is 0 Å². The van der Waals surface area contributed by atoms with E-state index in [1.54, 1.807) is 19.1 Å². The van der Waals surface area contributed by atoms with Gasteiger partial charge in [-0.2, -0.15) is 5.10 Å². The normalized spacial score (nSPS) is 10.6. The summed E-state index contributed by atoms with van der Waals surface area (Å²) in [7, 11) is 0. The molecule has 1 N–H and O–H groups in total. The second-order valence-corrected chi connectivity index (χ2v) is 4.64. The van der Waals surface area contributed by atoms with Crippen molar-refractivity contribution in [3.05, 3.63) is 45.6 Å². The van der Waals surface area contributed by atoms with Gasteiger partial charge in [-0.1, -0.05) is 4.49 Å². The minimum Gasteiger partial charge on any atom is -0.461 e.